The highest BCUT2D eigenvalue weighted by Crippen LogP contribution is 2.27. The Morgan fingerprint density at radius 2 is 1.56 bits per heavy atom. The number of benzene rings is 4. The molecule has 0 saturated heterocycles. The molecule has 1 atom stereocenters. The smallest absolute Gasteiger partial charge is 0.227 e. The fraction of sp³-hybridized carbons (Fsp3) is 0.194. The predicted octanol–water partition coefficient (Wildman–Crippen LogP) is 6.53. The van der Waals surface area contributed by atoms with E-state index in [0.29, 0.717) is 31.1 Å². The van der Waals surface area contributed by atoms with Gasteiger partial charge in [-0.3, -0.25) is 4.79 Å². The van der Waals surface area contributed by atoms with E-state index in [1.54, 1.807) is 0 Å². The molecule has 36 heavy (non-hydrogen) atoms. The molecule has 4 aromatic carbocycles. The van der Waals surface area contributed by atoms with Crippen LogP contribution in [0.15, 0.2) is 103 Å². The lowest BCUT2D eigenvalue weighted by Gasteiger charge is -2.33. The van der Waals surface area contributed by atoms with Gasteiger partial charge in [0.15, 0.2) is 0 Å². The molecule has 0 fully saturated rings. The molecule has 5 heteroatoms. The molecule has 0 spiro atoms. The molecule has 0 saturated carbocycles. The van der Waals surface area contributed by atoms with Gasteiger partial charge in [-0.05, 0) is 41.3 Å². The molecular formula is C31H29ClN2O2. The number of nitrogens with zero attached hydrogens (tertiary/aromatic N) is 1. The molecule has 0 unspecified atom stereocenters. The van der Waals surface area contributed by atoms with Gasteiger partial charge >= 0.3 is 0 Å². The Kier molecular flexibility index (Phi) is 7.53. The van der Waals surface area contributed by atoms with E-state index in [9.17, 15) is 4.79 Å². The van der Waals surface area contributed by atoms with Crippen molar-refractivity contribution in [2.75, 3.05) is 11.9 Å². The van der Waals surface area contributed by atoms with Crippen LogP contribution in [0.4, 0.5) is 5.69 Å². The standard InChI is InChI=1S/C31H29ClN2O2/c32-28-15-7-4-12-24(28)19-31(35)34-21-26-14-5-8-16-29(26)33-20-25-13-6-9-17-30(25)36-22-27(34)18-23-10-2-1-3-11-23/h1-17,27,33H,18-22H2/t27-/m0/s1. The van der Waals surface area contributed by atoms with Crippen LogP contribution in [0.5, 0.6) is 5.75 Å². The topological polar surface area (TPSA) is 41.6 Å². The highest BCUT2D eigenvalue weighted by Gasteiger charge is 2.27. The zero-order valence-corrected chi connectivity index (χ0v) is 20.8. The van der Waals surface area contributed by atoms with Gasteiger partial charge in [0.2, 0.25) is 5.91 Å². The van der Waals surface area contributed by atoms with Crippen molar-refractivity contribution in [1.29, 1.82) is 0 Å². The van der Waals surface area contributed by atoms with Crippen LogP contribution >= 0.6 is 11.6 Å². The van der Waals surface area contributed by atoms with Crippen LogP contribution in [0.3, 0.4) is 0 Å². The number of anilines is 1. The molecule has 0 aliphatic carbocycles. The normalized spacial score (nSPS) is 15.5. The third kappa shape index (κ3) is 5.72. The quantitative estimate of drug-likeness (QED) is 0.349. The second-order valence-corrected chi connectivity index (χ2v) is 9.47. The predicted molar refractivity (Wildman–Crippen MR) is 145 cm³/mol. The maximum absolute atomic E-state index is 13.9. The van der Waals surface area contributed by atoms with E-state index in [4.69, 9.17) is 16.3 Å². The molecule has 0 bridgehead atoms. The van der Waals surface area contributed by atoms with E-state index in [0.717, 1.165) is 33.7 Å². The van der Waals surface area contributed by atoms with Gasteiger partial charge in [0.05, 0.1) is 12.5 Å². The van der Waals surface area contributed by atoms with Crippen molar-refractivity contribution >= 4 is 23.2 Å². The fourth-order valence-corrected chi connectivity index (χ4v) is 4.86. The van der Waals surface area contributed by atoms with Crippen molar-refractivity contribution in [1.82, 2.24) is 4.90 Å². The van der Waals surface area contributed by atoms with Crippen LogP contribution < -0.4 is 10.1 Å². The molecule has 182 valence electrons. The second-order valence-electron chi connectivity index (χ2n) is 9.06. The Morgan fingerprint density at radius 1 is 0.861 bits per heavy atom. The summed E-state index contributed by atoms with van der Waals surface area (Å²) in [5.74, 6) is 0.857. The van der Waals surface area contributed by atoms with Gasteiger partial charge in [0.1, 0.15) is 12.4 Å². The van der Waals surface area contributed by atoms with Crippen molar-refractivity contribution in [3.63, 3.8) is 0 Å². The Balaban J connectivity index is 1.55. The third-order valence-corrected chi connectivity index (χ3v) is 6.97. The lowest BCUT2D eigenvalue weighted by atomic mass is 10.0. The van der Waals surface area contributed by atoms with E-state index in [-0.39, 0.29) is 18.4 Å². The monoisotopic (exact) mass is 496 g/mol. The SMILES string of the molecule is O=C(Cc1ccccc1Cl)N1Cc2ccccc2NCc2ccccc2OC[C@@H]1Cc1ccccc1. The van der Waals surface area contributed by atoms with E-state index >= 15 is 0 Å². The van der Waals surface area contributed by atoms with Gasteiger partial charge in [0.25, 0.3) is 0 Å². The summed E-state index contributed by atoms with van der Waals surface area (Å²) in [6, 6.07) is 33.9. The van der Waals surface area contributed by atoms with Gasteiger partial charge in [-0.1, -0.05) is 96.5 Å². The zero-order valence-electron chi connectivity index (χ0n) is 20.1. The Morgan fingerprint density at radius 3 is 2.39 bits per heavy atom. The number of para-hydroxylation sites is 2. The van der Waals surface area contributed by atoms with Crippen LogP contribution in [0.2, 0.25) is 5.02 Å². The molecule has 4 aromatic rings. The first-order valence-electron chi connectivity index (χ1n) is 12.3. The van der Waals surface area contributed by atoms with Crippen LogP contribution in [0, 0.1) is 0 Å². The number of nitrogens with one attached hydrogen (secondary N) is 1. The summed E-state index contributed by atoms with van der Waals surface area (Å²) in [6.07, 6.45) is 0.921. The average molecular weight is 497 g/mol. The van der Waals surface area contributed by atoms with Gasteiger partial charge in [-0.15, -0.1) is 0 Å². The second kappa shape index (κ2) is 11.3. The number of carbonyl (C=O) groups excluding carboxylic acids is 1. The lowest BCUT2D eigenvalue weighted by molar-refractivity contribution is -0.134. The number of halogens is 1. The average Bonchev–Trinajstić information content (AvgIpc) is 2.94. The Labute approximate surface area is 217 Å². The maximum Gasteiger partial charge on any atom is 0.227 e. The summed E-state index contributed by atoms with van der Waals surface area (Å²) < 4.78 is 6.40. The first-order chi connectivity index (χ1) is 17.7. The van der Waals surface area contributed by atoms with Gasteiger partial charge < -0.3 is 15.0 Å². The largest absolute Gasteiger partial charge is 0.491 e. The minimum absolute atomic E-state index is 0.0231. The van der Waals surface area contributed by atoms with Crippen molar-refractivity contribution in [2.45, 2.75) is 32.0 Å². The van der Waals surface area contributed by atoms with E-state index < -0.39 is 0 Å². The van der Waals surface area contributed by atoms with Gasteiger partial charge in [-0.2, -0.15) is 0 Å². The lowest BCUT2D eigenvalue weighted by Crippen LogP contribution is -2.45. The number of fused-ring (bicyclic) bond motifs is 2. The molecule has 4 nitrogen and oxygen atoms in total. The third-order valence-electron chi connectivity index (χ3n) is 6.61. The number of rotatable bonds is 4. The van der Waals surface area contributed by atoms with E-state index in [1.807, 2.05) is 77.7 Å². The number of hydrogen-bond acceptors (Lipinski definition) is 3. The summed E-state index contributed by atoms with van der Waals surface area (Å²) >= 11 is 6.43. The van der Waals surface area contributed by atoms with Crippen LogP contribution in [0.1, 0.15) is 22.3 Å². The molecular weight excluding hydrogens is 468 g/mol. The van der Waals surface area contributed by atoms with Gasteiger partial charge in [0, 0.05) is 29.4 Å². The molecule has 1 aliphatic rings. The highest BCUT2D eigenvalue weighted by atomic mass is 35.5. The van der Waals surface area contributed by atoms with Crippen molar-refractivity contribution < 1.29 is 9.53 Å². The fourth-order valence-electron chi connectivity index (χ4n) is 4.65. The van der Waals surface area contributed by atoms with Crippen molar-refractivity contribution in [3.8, 4) is 5.75 Å². The summed E-state index contributed by atoms with van der Waals surface area (Å²) in [5, 5.41) is 4.17. The molecule has 1 N–H and O–H groups in total. The molecule has 0 radical (unpaired) electrons. The Bertz CT molecular complexity index is 1320. The van der Waals surface area contributed by atoms with Crippen molar-refractivity contribution in [2.24, 2.45) is 0 Å². The molecule has 1 aliphatic heterocycles. The minimum Gasteiger partial charge on any atom is -0.491 e. The van der Waals surface area contributed by atoms with Crippen molar-refractivity contribution in [3.05, 3.63) is 130 Å². The zero-order chi connectivity index (χ0) is 24.7. The molecule has 5 rings (SSSR count). The first-order valence-corrected chi connectivity index (χ1v) is 12.6. The molecule has 1 heterocycles. The summed E-state index contributed by atoms with van der Waals surface area (Å²) in [5.41, 5.74) is 5.16. The number of carbonyl (C=O) groups is 1. The highest BCUT2D eigenvalue weighted by molar-refractivity contribution is 6.31. The van der Waals surface area contributed by atoms with Crippen LogP contribution in [-0.2, 0) is 30.7 Å². The summed E-state index contributed by atoms with van der Waals surface area (Å²) in [6.45, 7) is 1.51. The maximum atomic E-state index is 13.9. The number of hydrogen-bond donors (Lipinski definition) is 1. The number of ether oxygens (including phenoxy) is 1. The molecule has 0 aromatic heterocycles. The summed E-state index contributed by atoms with van der Waals surface area (Å²) in [4.78, 5) is 15.9. The summed E-state index contributed by atoms with van der Waals surface area (Å²) in [7, 11) is 0. The molecule has 1 amide bonds. The minimum atomic E-state index is -0.165. The Hall–Kier alpha value is -3.76. The number of amides is 1. The van der Waals surface area contributed by atoms with Gasteiger partial charge in [-0.25, -0.2) is 0 Å². The van der Waals surface area contributed by atoms with Crippen LogP contribution in [0.25, 0.3) is 0 Å². The first kappa shape index (κ1) is 24.0. The van der Waals surface area contributed by atoms with E-state index in [1.165, 1.54) is 0 Å². The van der Waals surface area contributed by atoms with Crippen LogP contribution in [-0.4, -0.2) is 23.5 Å². The van der Waals surface area contributed by atoms with E-state index in [2.05, 4.69) is 35.6 Å².